The van der Waals surface area contributed by atoms with Crippen molar-refractivity contribution in [2.45, 2.75) is 57.3 Å². The van der Waals surface area contributed by atoms with E-state index in [4.69, 9.17) is 25.6 Å². The number of aromatic nitrogens is 4. The van der Waals surface area contributed by atoms with Crippen LogP contribution in [0.4, 0.5) is 15.4 Å². The summed E-state index contributed by atoms with van der Waals surface area (Å²) in [6.45, 7) is 7.89. The van der Waals surface area contributed by atoms with E-state index in [1.165, 1.54) is 4.90 Å². The molecule has 0 bridgehead atoms. The number of rotatable bonds is 5. The van der Waals surface area contributed by atoms with Gasteiger partial charge in [-0.15, -0.1) is 6.42 Å². The van der Waals surface area contributed by atoms with Gasteiger partial charge in [-0.25, -0.2) is 24.1 Å². The van der Waals surface area contributed by atoms with Gasteiger partial charge in [0.2, 0.25) is 5.88 Å². The summed E-state index contributed by atoms with van der Waals surface area (Å²) in [4.78, 5) is 40.3. The minimum atomic E-state index is -1.18. The Morgan fingerprint density at radius 2 is 1.83 bits per heavy atom. The molecule has 3 aromatic rings. The molecule has 2 saturated heterocycles. The van der Waals surface area contributed by atoms with Crippen LogP contribution in [-0.2, 0) is 9.47 Å². The molecule has 5 heterocycles. The second-order valence-electron chi connectivity index (χ2n) is 11.9. The quantitative estimate of drug-likeness (QED) is 0.422. The Hall–Kier alpha value is -4.53. The molecule has 42 heavy (non-hydrogen) atoms. The van der Waals surface area contributed by atoms with Crippen LogP contribution >= 0.6 is 0 Å². The third-order valence-corrected chi connectivity index (χ3v) is 7.51. The fourth-order valence-electron chi connectivity index (χ4n) is 5.10. The fourth-order valence-corrected chi connectivity index (χ4v) is 5.10. The number of anilines is 1. The van der Waals surface area contributed by atoms with Crippen LogP contribution in [0.15, 0.2) is 36.8 Å². The SMILES string of the molecule is C#C[C@]1(OC(=O)N2CCN(c3ccn4ncc(-c5cccnc5OC5CC5)c4n3)CC2)CCN(C(=O)OC(C)(C)C)C1. The topological polar surface area (TPSA) is 115 Å². The molecule has 2 amide bonds. The van der Waals surface area contributed by atoms with Crippen molar-refractivity contribution >= 4 is 23.7 Å². The van der Waals surface area contributed by atoms with Crippen molar-refractivity contribution in [1.29, 1.82) is 0 Å². The van der Waals surface area contributed by atoms with Gasteiger partial charge >= 0.3 is 12.2 Å². The number of hydrogen-bond donors (Lipinski definition) is 0. The molecule has 2 aliphatic heterocycles. The van der Waals surface area contributed by atoms with Crippen molar-refractivity contribution in [1.82, 2.24) is 29.4 Å². The highest BCUT2D eigenvalue weighted by Crippen LogP contribution is 2.35. The van der Waals surface area contributed by atoms with Crippen molar-refractivity contribution < 1.29 is 23.8 Å². The molecule has 1 aliphatic carbocycles. The van der Waals surface area contributed by atoms with Crippen molar-refractivity contribution in [2.75, 3.05) is 44.2 Å². The molecular weight excluding hydrogens is 538 g/mol. The monoisotopic (exact) mass is 573 g/mol. The van der Waals surface area contributed by atoms with E-state index < -0.39 is 23.4 Å². The molecule has 6 rings (SSSR count). The Labute approximate surface area is 244 Å². The molecule has 220 valence electrons. The smallest absolute Gasteiger partial charge is 0.411 e. The lowest BCUT2D eigenvalue weighted by atomic mass is 10.1. The summed E-state index contributed by atoms with van der Waals surface area (Å²) >= 11 is 0. The van der Waals surface area contributed by atoms with E-state index in [0.29, 0.717) is 50.7 Å². The van der Waals surface area contributed by atoms with Crippen LogP contribution in [0.3, 0.4) is 0 Å². The summed E-state index contributed by atoms with van der Waals surface area (Å²) in [5.41, 5.74) is 0.607. The number of carbonyl (C=O) groups excluding carboxylic acids is 2. The Morgan fingerprint density at radius 3 is 2.55 bits per heavy atom. The van der Waals surface area contributed by atoms with Gasteiger partial charge in [-0.2, -0.15) is 5.10 Å². The molecule has 0 unspecified atom stereocenters. The molecule has 12 heteroatoms. The van der Waals surface area contributed by atoms with Crippen LogP contribution in [0.1, 0.15) is 40.0 Å². The molecule has 0 radical (unpaired) electrons. The highest BCUT2D eigenvalue weighted by molar-refractivity contribution is 5.80. The maximum atomic E-state index is 13.1. The number of carbonyl (C=O) groups is 2. The lowest BCUT2D eigenvalue weighted by Gasteiger charge is -2.36. The summed E-state index contributed by atoms with van der Waals surface area (Å²) in [5, 5.41) is 4.48. The Kier molecular flexibility index (Phi) is 7.04. The van der Waals surface area contributed by atoms with Gasteiger partial charge in [0.25, 0.3) is 0 Å². The lowest BCUT2D eigenvalue weighted by molar-refractivity contribution is 0.0131. The third-order valence-electron chi connectivity index (χ3n) is 7.51. The van der Waals surface area contributed by atoms with Crippen LogP contribution in [0.2, 0.25) is 0 Å². The van der Waals surface area contributed by atoms with E-state index in [-0.39, 0.29) is 12.6 Å². The van der Waals surface area contributed by atoms with Crippen LogP contribution in [0, 0.1) is 12.3 Å². The van der Waals surface area contributed by atoms with Crippen LogP contribution in [0.25, 0.3) is 16.8 Å². The fraction of sp³-hybridized carbons (Fsp3) is 0.500. The average molecular weight is 574 g/mol. The zero-order chi connectivity index (χ0) is 29.5. The predicted octanol–water partition coefficient (Wildman–Crippen LogP) is 3.60. The van der Waals surface area contributed by atoms with E-state index in [0.717, 1.165) is 29.8 Å². The van der Waals surface area contributed by atoms with Gasteiger partial charge in [0.05, 0.1) is 18.3 Å². The van der Waals surface area contributed by atoms with Gasteiger partial charge in [0, 0.05) is 57.1 Å². The molecule has 3 aromatic heterocycles. The summed E-state index contributed by atoms with van der Waals surface area (Å²) in [5.74, 6) is 4.00. The van der Waals surface area contributed by atoms with Gasteiger partial charge in [0.1, 0.15) is 17.5 Å². The highest BCUT2D eigenvalue weighted by Gasteiger charge is 2.44. The van der Waals surface area contributed by atoms with Crippen molar-refractivity contribution in [3.05, 3.63) is 36.8 Å². The summed E-state index contributed by atoms with van der Waals surface area (Å²) in [6.07, 6.45) is 12.9. The molecule has 12 nitrogen and oxygen atoms in total. The molecular formula is C30H35N7O5. The number of likely N-dealkylation sites (tertiary alicyclic amines) is 1. The average Bonchev–Trinajstić information content (AvgIpc) is 3.53. The zero-order valence-electron chi connectivity index (χ0n) is 24.2. The van der Waals surface area contributed by atoms with E-state index in [1.807, 2.05) is 24.4 Å². The first kappa shape index (κ1) is 27.6. The first-order chi connectivity index (χ1) is 20.1. The second-order valence-corrected chi connectivity index (χ2v) is 11.9. The van der Waals surface area contributed by atoms with Crippen LogP contribution < -0.4 is 9.64 Å². The van der Waals surface area contributed by atoms with Gasteiger partial charge in [-0.1, -0.05) is 5.92 Å². The Morgan fingerprint density at radius 1 is 1.05 bits per heavy atom. The highest BCUT2D eigenvalue weighted by atomic mass is 16.6. The van der Waals surface area contributed by atoms with Crippen molar-refractivity contribution in [2.24, 2.45) is 0 Å². The predicted molar refractivity (Wildman–Crippen MR) is 154 cm³/mol. The normalized spacial score (nSPS) is 20.9. The van der Waals surface area contributed by atoms with Gasteiger partial charge in [0.15, 0.2) is 11.2 Å². The van der Waals surface area contributed by atoms with Gasteiger partial charge in [-0.3, -0.25) is 0 Å². The van der Waals surface area contributed by atoms with E-state index >= 15 is 0 Å². The lowest BCUT2D eigenvalue weighted by Crippen LogP contribution is -2.51. The Bertz CT molecular complexity index is 1530. The molecule has 0 spiro atoms. The minimum absolute atomic E-state index is 0.103. The summed E-state index contributed by atoms with van der Waals surface area (Å²) < 4.78 is 19.1. The van der Waals surface area contributed by atoms with E-state index in [1.54, 1.807) is 42.6 Å². The van der Waals surface area contributed by atoms with Crippen LogP contribution in [-0.4, -0.2) is 98.1 Å². The third kappa shape index (κ3) is 5.77. The van der Waals surface area contributed by atoms with Crippen molar-refractivity contribution in [3.8, 4) is 29.4 Å². The molecule has 3 aliphatic rings. The van der Waals surface area contributed by atoms with Gasteiger partial charge < -0.3 is 28.9 Å². The molecule has 1 atom stereocenters. The molecule has 0 N–H and O–H groups in total. The number of piperazine rings is 1. The largest absolute Gasteiger partial charge is 0.474 e. The van der Waals surface area contributed by atoms with E-state index in [2.05, 4.69) is 20.9 Å². The standard InChI is InChI=1S/C30H35N7O5/c1-5-30(11-14-36(20-30)28(39)41-29(2,3)4)42-27(38)35-17-15-34(16-18-35)24-10-13-37-25(33-24)23(19-32-37)22-7-6-12-31-26(22)40-21-8-9-21/h1,6-7,10,12-13,19,21H,8-9,11,14-18,20H2,2-4H3/t30-/m0/s1. The van der Waals surface area contributed by atoms with Crippen molar-refractivity contribution in [3.63, 3.8) is 0 Å². The maximum Gasteiger partial charge on any atom is 0.411 e. The first-order valence-corrected chi connectivity index (χ1v) is 14.3. The number of terminal acetylenes is 1. The number of fused-ring (bicyclic) bond motifs is 1. The minimum Gasteiger partial charge on any atom is -0.474 e. The van der Waals surface area contributed by atoms with E-state index in [9.17, 15) is 9.59 Å². The maximum absolute atomic E-state index is 13.1. The van der Waals surface area contributed by atoms with Crippen LogP contribution in [0.5, 0.6) is 5.88 Å². The summed E-state index contributed by atoms with van der Waals surface area (Å²) in [7, 11) is 0. The number of pyridine rings is 1. The first-order valence-electron chi connectivity index (χ1n) is 14.3. The number of ether oxygens (including phenoxy) is 3. The number of nitrogens with zero attached hydrogens (tertiary/aromatic N) is 7. The molecule has 1 saturated carbocycles. The Balaban J connectivity index is 1.10. The number of hydrogen-bond acceptors (Lipinski definition) is 9. The number of amides is 2. The second kappa shape index (κ2) is 10.7. The van der Waals surface area contributed by atoms with Gasteiger partial charge in [-0.05, 0) is 51.8 Å². The summed E-state index contributed by atoms with van der Waals surface area (Å²) in [6, 6.07) is 5.77. The molecule has 3 fully saturated rings. The zero-order valence-corrected chi connectivity index (χ0v) is 24.2. The molecule has 0 aromatic carbocycles.